The summed E-state index contributed by atoms with van der Waals surface area (Å²) in [5.41, 5.74) is 6.09. The van der Waals surface area contributed by atoms with Crippen molar-refractivity contribution < 1.29 is 14.4 Å². The van der Waals surface area contributed by atoms with Crippen LogP contribution in [0.25, 0.3) is 0 Å². The molecule has 1 aromatic heterocycles. The van der Waals surface area contributed by atoms with E-state index < -0.39 is 23.9 Å². The number of pyridine rings is 1. The summed E-state index contributed by atoms with van der Waals surface area (Å²) in [4.78, 5) is 38.7. The molecule has 0 saturated carbocycles. The molecule has 1 aliphatic heterocycles. The van der Waals surface area contributed by atoms with E-state index in [1.165, 1.54) is 0 Å². The summed E-state index contributed by atoms with van der Waals surface area (Å²) in [6, 6.07) is 2.07. The van der Waals surface area contributed by atoms with Gasteiger partial charge in [-0.1, -0.05) is 6.07 Å². The number of carbonyl (C=O) groups excluding carboxylic acids is 3. The highest BCUT2D eigenvalue weighted by Gasteiger charge is 2.30. The number of hydrogen-bond acceptors (Lipinski definition) is 4. The van der Waals surface area contributed by atoms with Crippen molar-refractivity contribution in [2.75, 3.05) is 0 Å². The van der Waals surface area contributed by atoms with Gasteiger partial charge < -0.3 is 16.4 Å². The summed E-state index contributed by atoms with van der Waals surface area (Å²) < 4.78 is 0.597. The minimum absolute atomic E-state index is 0.166. The molecule has 2 atom stereocenters. The number of aromatic nitrogens is 1. The number of amides is 3. The van der Waals surface area contributed by atoms with Gasteiger partial charge in [0.25, 0.3) is 0 Å². The Balaban J connectivity index is 2.03. The average molecular weight is 355 g/mol. The van der Waals surface area contributed by atoms with Crippen molar-refractivity contribution in [3.8, 4) is 0 Å². The highest BCUT2D eigenvalue weighted by Crippen LogP contribution is 2.15. The van der Waals surface area contributed by atoms with Crippen molar-refractivity contribution in [2.24, 2.45) is 5.73 Å². The van der Waals surface area contributed by atoms with E-state index in [1.807, 2.05) is 0 Å². The largest absolute Gasteiger partial charge is 0.368 e. The molecule has 112 valence electrons. The molecular weight excluding hydrogens is 340 g/mol. The van der Waals surface area contributed by atoms with Gasteiger partial charge in [0.15, 0.2) is 0 Å². The number of halogens is 1. The minimum atomic E-state index is -0.851. The Labute approximate surface area is 129 Å². The normalized spacial score (nSPS) is 18.9. The molecule has 1 aromatic rings. The summed E-state index contributed by atoms with van der Waals surface area (Å²) in [7, 11) is 0. The van der Waals surface area contributed by atoms with Gasteiger partial charge in [-0.2, -0.15) is 0 Å². The molecule has 0 bridgehead atoms. The van der Waals surface area contributed by atoms with Crippen LogP contribution in [-0.4, -0.2) is 34.8 Å². The summed E-state index contributed by atoms with van der Waals surface area (Å²) in [6.07, 6.45) is 2.58. The topological polar surface area (TPSA) is 114 Å². The molecule has 0 aliphatic carbocycles. The van der Waals surface area contributed by atoms with Crippen molar-refractivity contribution in [3.05, 3.63) is 28.5 Å². The smallest absolute Gasteiger partial charge is 0.243 e. The molecular formula is C13H15BrN4O3. The molecule has 2 rings (SSSR count). The van der Waals surface area contributed by atoms with Gasteiger partial charge in [-0.25, -0.2) is 4.98 Å². The van der Waals surface area contributed by atoms with Crippen molar-refractivity contribution in [3.63, 3.8) is 0 Å². The van der Waals surface area contributed by atoms with Gasteiger partial charge in [0, 0.05) is 19.0 Å². The van der Waals surface area contributed by atoms with Crippen LogP contribution in [0, 0.1) is 0 Å². The van der Waals surface area contributed by atoms with E-state index in [0.29, 0.717) is 17.4 Å². The number of hydrogen-bond donors (Lipinski definition) is 3. The fraction of sp³-hybridized carbons (Fsp3) is 0.385. The SMILES string of the molecule is NC(=O)[C@H](Cc1cccnc1Br)NC(=O)[C@@H]1CCC(=O)N1. The lowest BCUT2D eigenvalue weighted by atomic mass is 10.1. The van der Waals surface area contributed by atoms with Crippen LogP contribution in [0.2, 0.25) is 0 Å². The Morgan fingerprint density at radius 2 is 2.33 bits per heavy atom. The number of nitrogens with two attached hydrogens (primary N) is 1. The second-order valence-electron chi connectivity index (χ2n) is 4.78. The Hall–Kier alpha value is -1.96. The zero-order chi connectivity index (χ0) is 15.4. The molecule has 8 heteroatoms. The van der Waals surface area contributed by atoms with Crippen molar-refractivity contribution in [1.82, 2.24) is 15.6 Å². The zero-order valence-corrected chi connectivity index (χ0v) is 12.7. The predicted molar refractivity (Wildman–Crippen MR) is 77.9 cm³/mol. The van der Waals surface area contributed by atoms with Gasteiger partial charge in [-0.05, 0) is 34.0 Å². The van der Waals surface area contributed by atoms with Crippen LogP contribution in [0.4, 0.5) is 0 Å². The molecule has 1 fully saturated rings. The summed E-state index contributed by atoms with van der Waals surface area (Å²) in [6.45, 7) is 0. The Morgan fingerprint density at radius 3 is 2.90 bits per heavy atom. The first-order valence-corrected chi connectivity index (χ1v) is 7.25. The lowest BCUT2D eigenvalue weighted by Crippen LogP contribution is -2.51. The number of carbonyl (C=O) groups is 3. The van der Waals surface area contributed by atoms with Gasteiger partial charge >= 0.3 is 0 Å². The van der Waals surface area contributed by atoms with E-state index >= 15 is 0 Å². The fourth-order valence-corrected chi connectivity index (χ4v) is 2.51. The predicted octanol–water partition coefficient (Wildman–Crippen LogP) is -0.365. The molecule has 21 heavy (non-hydrogen) atoms. The van der Waals surface area contributed by atoms with E-state index in [4.69, 9.17) is 5.73 Å². The lowest BCUT2D eigenvalue weighted by Gasteiger charge is -2.18. The maximum atomic E-state index is 12.0. The van der Waals surface area contributed by atoms with Crippen molar-refractivity contribution in [1.29, 1.82) is 0 Å². The van der Waals surface area contributed by atoms with E-state index in [-0.39, 0.29) is 12.3 Å². The third-order valence-corrected chi connectivity index (χ3v) is 3.95. The number of nitrogens with one attached hydrogen (secondary N) is 2. The first-order chi connectivity index (χ1) is 9.97. The third kappa shape index (κ3) is 4.01. The maximum absolute atomic E-state index is 12.0. The van der Waals surface area contributed by atoms with Crippen molar-refractivity contribution >= 4 is 33.7 Å². The second-order valence-corrected chi connectivity index (χ2v) is 5.53. The first-order valence-electron chi connectivity index (χ1n) is 6.46. The van der Waals surface area contributed by atoms with Crippen LogP contribution in [0.3, 0.4) is 0 Å². The molecule has 1 aliphatic rings. The standard InChI is InChI=1S/C13H15BrN4O3/c14-11-7(2-1-5-16-11)6-9(12(15)20)18-13(21)8-3-4-10(19)17-8/h1-2,5,8-9H,3-4,6H2,(H2,15,20)(H,17,19)(H,18,21)/t8-,9-/m0/s1. The Bertz CT molecular complexity index is 578. The lowest BCUT2D eigenvalue weighted by molar-refractivity contribution is -0.129. The summed E-state index contributed by atoms with van der Waals surface area (Å²) >= 11 is 3.28. The van der Waals surface area contributed by atoms with Gasteiger partial charge in [0.2, 0.25) is 17.7 Å². The molecule has 0 spiro atoms. The van der Waals surface area contributed by atoms with Gasteiger partial charge in [0.1, 0.15) is 16.7 Å². The van der Waals surface area contributed by atoms with Gasteiger partial charge in [-0.15, -0.1) is 0 Å². The zero-order valence-electron chi connectivity index (χ0n) is 11.1. The van der Waals surface area contributed by atoms with E-state index in [1.54, 1.807) is 18.3 Å². The molecule has 7 nitrogen and oxygen atoms in total. The van der Waals surface area contributed by atoms with Crippen LogP contribution in [0.1, 0.15) is 18.4 Å². The van der Waals surface area contributed by atoms with E-state index in [9.17, 15) is 14.4 Å². The summed E-state index contributed by atoms with van der Waals surface area (Å²) in [5.74, 6) is -1.20. The Kier molecular flexibility index (Phi) is 4.89. The molecule has 4 N–H and O–H groups in total. The van der Waals surface area contributed by atoms with Gasteiger partial charge in [0.05, 0.1) is 0 Å². The number of rotatable bonds is 5. The van der Waals surface area contributed by atoms with E-state index in [2.05, 4.69) is 31.5 Å². The van der Waals surface area contributed by atoms with Crippen LogP contribution in [0.5, 0.6) is 0 Å². The quantitative estimate of drug-likeness (QED) is 0.626. The number of primary amides is 1. The molecule has 1 saturated heterocycles. The van der Waals surface area contributed by atoms with Gasteiger partial charge in [-0.3, -0.25) is 14.4 Å². The first kappa shape index (κ1) is 15.4. The highest BCUT2D eigenvalue weighted by atomic mass is 79.9. The van der Waals surface area contributed by atoms with E-state index in [0.717, 1.165) is 5.56 Å². The Morgan fingerprint density at radius 1 is 1.57 bits per heavy atom. The molecule has 0 unspecified atom stereocenters. The molecule has 2 heterocycles. The van der Waals surface area contributed by atoms with Crippen molar-refractivity contribution in [2.45, 2.75) is 31.3 Å². The number of nitrogens with zero attached hydrogens (tertiary/aromatic N) is 1. The molecule has 3 amide bonds. The third-order valence-electron chi connectivity index (χ3n) is 3.23. The minimum Gasteiger partial charge on any atom is -0.368 e. The highest BCUT2D eigenvalue weighted by molar-refractivity contribution is 9.10. The average Bonchev–Trinajstić information content (AvgIpc) is 2.87. The molecule has 0 aromatic carbocycles. The summed E-state index contributed by atoms with van der Waals surface area (Å²) in [5, 5.41) is 5.13. The fourth-order valence-electron chi connectivity index (χ4n) is 2.10. The van der Waals surface area contributed by atoms with Crippen LogP contribution < -0.4 is 16.4 Å². The van der Waals surface area contributed by atoms with Crippen LogP contribution >= 0.6 is 15.9 Å². The van der Waals surface area contributed by atoms with Crippen LogP contribution in [0.15, 0.2) is 22.9 Å². The van der Waals surface area contributed by atoms with Crippen LogP contribution in [-0.2, 0) is 20.8 Å². The monoisotopic (exact) mass is 354 g/mol. The molecule has 0 radical (unpaired) electrons. The maximum Gasteiger partial charge on any atom is 0.243 e. The second kappa shape index (κ2) is 6.66.